The highest BCUT2D eigenvalue weighted by Gasteiger charge is 2.22. The van der Waals surface area contributed by atoms with Crippen molar-refractivity contribution in [3.63, 3.8) is 0 Å². The Morgan fingerprint density at radius 1 is 0.348 bits per heavy atom. The highest BCUT2D eigenvalue weighted by Crippen LogP contribution is 2.38. The van der Waals surface area contributed by atoms with E-state index in [0.29, 0.717) is 17.4 Å². The molecule has 0 aliphatic rings. The lowest BCUT2D eigenvalue weighted by atomic mass is 10.0. The number of carbonyl (C=O) groups excluding carboxylic acids is 2. The molecule has 0 aromatic rings. The lowest BCUT2D eigenvalue weighted by Crippen LogP contribution is -2.37. The average Bonchev–Trinajstić information content (AvgIpc) is 2.14. The Morgan fingerprint density at radius 3 is 0.924 bits per heavy atom. The van der Waals surface area contributed by atoms with Gasteiger partial charge in [-0.1, -0.05) is 342 Å². The summed E-state index contributed by atoms with van der Waals surface area (Å²) in [5.74, 6) is -0.838. The Bertz CT molecular complexity index is 1920. The third-order valence-corrected chi connectivity index (χ3v) is 17.7. The van der Waals surface area contributed by atoms with Gasteiger partial charge < -0.3 is 27.9 Å². The van der Waals surface area contributed by atoms with E-state index in [1.807, 2.05) is 21.1 Å². The third-order valence-electron chi connectivity index (χ3n) is 16.8. The number of phosphoric acid groups is 1. The van der Waals surface area contributed by atoms with Crippen LogP contribution in [0.5, 0.6) is 0 Å². The fourth-order valence-electron chi connectivity index (χ4n) is 10.9. The van der Waals surface area contributed by atoms with Crippen LogP contribution < -0.4 is 4.89 Å². The van der Waals surface area contributed by atoms with Crippen molar-refractivity contribution in [3.8, 4) is 0 Å². The first-order valence-corrected chi connectivity index (χ1v) is 40.1. The average molecular weight is 1310 g/mol. The summed E-state index contributed by atoms with van der Waals surface area (Å²) in [7, 11) is 1.16. The van der Waals surface area contributed by atoms with E-state index in [2.05, 4.69) is 123 Å². The van der Waals surface area contributed by atoms with Gasteiger partial charge in [0.2, 0.25) is 0 Å². The maximum Gasteiger partial charge on any atom is 0.306 e. The smallest absolute Gasteiger partial charge is 0.306 e. The molecule has 0 fully saturated rings. The Morgan fingerprint density at radius 2 is 0.620 bits per heavy atom. The second-order valence-corrected chi connectivity index (χ2v) is 28.4. The second-order valence-electron chi connectivity index (χ2n) is 27.0. The van der Waals surface area contributed by atoms with Crippen LogP contribution in [0.1, 0.15) is 348 Å². The summed E-state index contributed by atoms with van der Waals surface area (Å²) in [6.07, 6.45) is 102. The molecule has 2 unspecified atom stereocenters. The molecule has 0 bridgehead atoms. The molecule has 0 rings (SSSR count). The number of unbranched alkanes of at least 4 members (excludes halogenated alkanes) is 39. The molecule has 532 valence electrons. The highest BCUT2D eigenvalue weighted by atomic mass is 31.2. The summed E-state index contributed by atoms with van der Waals surface area (Å²) < 4.78 is 34.4. The summed E-state index contributed by atoms with van der Waals surface area (Å²) in [6.45, 7) is 4.13. The predicted octanol–water partition coefficient (Wildman–Crippen LogP) is 25.0. The molecule has 0 N–H and O–H groups in total. The van der Waals surface area contributed by atoms with Crippen molar-refractivity contribution in [2.75, 3.05) is 47.5 Å². The zero-order valence-corrected chi connectivity index (χ0v) is 61.6. The molecule has 0 heterocycles. The molecule has 0 aliphatic carbocycles. The minimum absolute atomic E-state index is 0.0366. The van der Waals surface area contributed by atoms with Gasteiger partial charge in [-0.15, -0.1) is 0 Å². The standard InChI is InChI=1S/C82H146NO8P/c1-6-8-10-12-14-16-18-20-22-24-26-28-30-32-34-36-37-38-39-40-41-42-43-44-45-47-48-50-52-54-56-58-60-62-64-66-68-70-72-74-81(84)88-78-80(79-90-92(86,87)89-77-76-83(3,4)5)91-82(85)75-73-71-69-67-65-63-61-59-57-55-53-51-49-46-35-33-31-29-27-25-23-21-19-17-15-13-11-9-7-2/h9,11,15,17-18,20-21,23-24,26-27,29,33,35,49,51,55,57,80H,6-8,10,12-14,16,19,22,25,28,30-32,34,36-48,50,52-54,56,58-79H2,1-5H3/b11-9-,17-15-,20-18-,23-21-,26-24-,29-27-,35-33-,51-49-,57-55-. The Labute approximate surface area is 569 Å². The van der Waals surface area contributed by atoms with Crippen molar-refractivity contribution in [1.82, 2.24) is 0 Å². The van der Waals surface area contributed by atoms with E-state index < -0.39 is 26.5 Å². The van der Waals surface area contributed by atoms with Crippen LogP contribution in [-0.2, 0) is 32.7 Å². The number of allylic oxidation sites excluding steroid dienone is 18. The minimum atomic E-state index is -4.65. The number of ether oxygens (including phenoxy) is 2. The first-order valence-electron chi connectivity index (χ1n) is 38.6. The molecule has 0 saturated heterocycles. The Hall–Kier alpha value is -3.33. The number of esters is 2. The minimum Gasteiger partial charge on any atom is -0.756 e. The van der Waals surface area contributed by atoms with Crippen molar-refractivity contribution in [2.45, 2.75) is 354 Å². The van der Waals surface area contributed by atoms with Gasteiger partial charge in [0.05, 0.1) is 27.7 Å². The van der Waals surface area contributed by atoms with Gasteiger partial charge >= 0.3 is 11.9 Å². The van der Waals surface area contributed by atoms with Gasteiger partial charge in [0.25, 0.3) is 7.82 Å². The monoisotopic (exact) mass is 1300 g/mol. The molecular formula is C82H146NO8P. The summed E-state index contributed by atoms with van der Waals surface area (Å²) in [6, 6.07) is 0. The summed E-state index contributed by atoms with van der Waals surface area (Å²) in [5.41, 5.74) is 0. The Kier molecular flexibility index (Phi) is 69.3. The van der Waals surface area contributed by atoms with Crippen LogP contribution in [0, 0.1) is 0 Å². The van der Waals surface area contributed by atoms with Crippen LogP contribution in [0.2, 0.25) is 0 Å². The first kappa shape index (κ1) is 88.7. The van der Waals surface area contributed by atoms with E-state index in [1.54, 1.807) is 0 Å². The normalized spacial score (nSPS) is 13.7. The molecule has 0 saturated carbocycles. The molecule has 0 spiro atoms. The van der Waals surface area contributed by atoms with Crippen molar-refractivity contribution in [1.29, 1.82) is 0 Å². The third kappa shape index (κ3) is 75.7. The van der Waals surface area contributed by atoms with Crippen LogP contribution >= 0.6 is 7.82 Å². The molecule has 10 heteroatoms. The van der Waals surface area contributed by atoms with E-state index in [4.69, 9.17) is 18.5 Å². The zero-order valence-electron chi connectivity index (χ0n) is 60.7. The molecule has 0 radical (unpaired) electrons. The van der Waals surface area contributed by atoms with Crippen molar-refractivity contribution < 1.29 is 42.1 Å². The highest BCUT2D eigenvalue weighted by molar-refractivity contribution is 7.45. The van der Waals surface area contributed by atoms with Gasteiger partial charge in [-0.25, -0.2) is 0 Å². The predicted molar refractivity (Wildman–Crippen MR) is 397 cm³/mol. The van der Waals surface area contributed by atoms with Gasteiger partial charge in [-0.05, 0) is 103 Å². The SMILES string of the molecule is CC/C=C\C/C=C\C/C=C\C/C=C\C/C=C\C/C=C\C/C=C\CCCCCCCCCC(=O)OC(COC(=O)CCCCCCCCCCCCCCCCCCCCCCCCCCCCC/C=C\C/C=C\CCCCCCC)COP(=O)([O-])OCC[N+](C)(C)C. The van der Waals surface area contributed by atoms with Crippen molar-refractivity contribution in [2.24, 2.45) is 0 Å². The van der Waals surface area contributed by atoms with Gasteiger partial charge in [-0.3, -0.25) is 14.2 Å². The number of phosphoric ester groups is 1. The van der Waals surface area contributed by atoms with Crippen molar-refractivity contribution in [3.05, 3.63) is 109 Å². The molecule has 92 heavy (non-hydrogen) atoms. The molecule has 0 aliphatic heterocycles. The molecule has 0 amide bonds. The molecule has 2 atom stereocenters. The largest absolute Gasteiger partial charge is 0.756 e. The number of carbonyl (C=O) groups is 2. The summed E-state index contributed by atoms with van der Waals surface area (Å²) >= 11 is 0. The molecule has 0 aromatic heterocycles. The van der Waals surface area contributed by atoms with Crippen LogP contribution in [0.15, 0.2) is 109 Å². The maximum atomic E-state index is 12.9. The number of nitrogens with zero attached hydrogens (tertiary/aromatic N) is 1. The number of likely N-dealkylation sites (N-methyl/N-ethyl adjacent to an activating group) is 1. The first-order chi connectivity index (χ1) is 45.0. The quantitative estimate of drug-likeness (QED) is 0.0195. The number of rotatable bonds is 71. The molecule has 9 nitrogen and oxygen atoms in total. The second kappa shape index (κ2) is 72.0. The van der Waals surface area contributed by atoms with Gasteiger partial charge in [0.1, 0.15) is 19.8 Å². The van der Waals surface area contributed by atoms with E-state index in [-0.39, 0.29) is 32.0 Å². The maximum absolute atomic E-state index is 12.9. The number of hydrogen-bond donors (Lipinski definition) is 0. The summed E-state index contributed by atoms with van der Waals surface area (Å²) in [5, 5.41) is 0. The van der Waals surface area contributed by atoms with E-state index >= 15 is 0 Å². The Balaban J connectivity index is 3.97. The summed E-state index contributed by atoms with van der Waals surface area (Å²) in [4.78, 5) is 38.1. The molecule has 0 aromatic carbocycles. The zero-order chi connectivity index (χ0) is 66.9. The van der Waals surface area contributed by atoms with Gasteiger partial charge in [0, 0.05) is 12.8 Å². The van der Waals surface area contributed by atoms with E-state index in [1.165, 1.54) is 218 Å². The van der Waals surface area contributed by atoms with Crippen LogP contribution in [0.4, 0.5) is 0 Å². The van der Waals surface area contributed by atoms with Crippen LogP contribution in [0.25, 0.3) is 0 Å². The topological polar surface area (TPSA) is 111 Å². The lowest BCUT2D eigenvalue weighted by Gasteiger charge is -2.28. The van der Waals surface area contributed by atoms with E-state index in [0.717, 1.165) is 96.3 Å². The van der Waals surface area contributed by atoms with Crippen LogP contribution in [0.3, 0.4) is 0 Å². The lowest BCUT2D eigenvalue weighted by molar-refractivity contribution is -0.870. The van der Waals surface area contributed by atoms with Crippen LogP contribution in [-0.4, -0.2) is 70.0 Å². The van der Waals surface area contributed by atoms with Crippen molar-refractivity contribution >= 4 is 19.8 Å². The fourth-order valence-corrected chi connectivity index (χ4v) is 11.6. The van der Waals surface area contributed by atoms with Gasteiger partial charge in [0.15, 0.2) is 6.10 Å². The number of quaternary nitrogens is 1. The molecular weight excluding hydrogens is 1160 g/mol. The number of hydrogen-bond acceptors (Lipinski definition) is 8. The van der Waals surface area contributed by atoms with Gasteiger partial charge in [-0.2, -0.15) is 0 Å². The fraction of sp³-hybridized carbons (Fsp3) is 0.756. The van der Waals surface area contributed by atoms with E-state index in [9.17, 15) is 19.0 Å².